The summed E-state index contributed by atoms with van der Waals surface area (Å²) in [5.41, 5.74) is 3.09. The highest BCUT2D eigenvalue weighted by Crippen LogP contribution is 2.10. The van der Waals surface area contributed by atoms with E-state index in [-0.39, 0.29) is 0 Å². The van der Waals surface area contributed by atoms with Crippen LogP contribution in [0.1, 0.15) is 11.1 Å². The number of hydrogen-bond donors (Lipinski definition) is 2. The lowest BCUT2D eigenvalue weighted by atomic mass is 10.1. The Morgan fingerprint density at radius 2 is 0.833 bits per heavy atom. The number of nitrogens with zero attached hydrogens (tertiary/aromatic N) is 2. The van der Waals surface area contributed by atoms with Crippen LogP contribution in [0.4, 0.5) is 11.4 Å². The molecule has 0 aliphatic carbocycles. The van der Waals surface area contributed by atoms with Gasteiger partial charge >= 0.3 is 0 Å². The predicted octanol–water partition coefficient (Wildman–Crippen LogP) is 3.99. The first-order chi connectivity index (χ1) is 11.7. The largest absolute Gasteiger partial charge is 0.285 e. The fourth-order valence-corrected chi connectivity index (χ4v) is 2.26. The molecule has 0 aromatic heterocycles. The molecule has 0 atom stereocenters. The van der Waals surface area contributed by atoms with Gasteiger partial charge in [-0.25, -0.2) is 0 Å². The minimum absolute atomic E-state index is 0.693. The highest BCUT2D eigenvalue weighted by Gasteiger charge is 2.08. The van der Waals surface area contributed by atoms with E-state index in [1.807, 2.05) is 84.9 Å². The normalized spacial score (nSPS) is 12.2. The molecule has 0 aliphatic heterocycles. The van der Waals surface area contributed by atoms with Crippen LogP contribution in [0.5, 0.6) is 0 Å². The van der Waals surface area contributed by atoms with Gasteiger partial charge in [0, 0.05) is 44.9 Å². The summed E-state index contributed by atoms with van der Waals surface area (Å²) in [5, 5.41) is 20.1. The number of rotatable bonds is 4. The topological polar surface area (TPSA) is 46.5 Å². The second kappa shape index (κ2) is 7.24. The van der Waals surface area contributed by atoms with Crippen molar-refractivity contribution in [2.75, 3.05) is 0 Å². The second-order valence-corrected chi connectivity index (χ2v) is 5.29. The fourth-order valence-electron chi connectivity index (χ4n) is 2.26. The van der Waals surface area contributed by atoms with E-state index in [1.54, 1.807) is 12.4 Å². The second-order valence-electron chi connectivity index (χ2n) is 5.29. The van der Waals surface area contributed by atoms with Crippen LogP contribution in [0, 0.1) is 0 Å². The van der Waals surface area contributed by atoms with Crippen LogP contribution in [-0.2, 0) is 0 Å². The molecule has 0 bridgehead atoms. The molecule has 3 aromatic carbocycles. The lowest BCUT2D eigenvalue weighted by Gasteiger charge is -1.95. The maximum Gasteiger partial charge on any atom is 0.257 e. The molecule has 0 spiro atoms. The van der Waals surface area contributed by atoms with E-state index in [9.17, 15) is 10.4 Å². The van der Waals surface area contributed by atoms with Crippen molar-refractivity contribution in [1.82, 2.24) is 0 Å². The Kier molecular flexibility index (Phi) is 4.68. The highest BCUT2D eigenvalue weighted by atomic mass is 16.5. The lowest BCUT2D eigenvalue weighted by molar-refractivity contribution is -0.709. The van der Waals surface area contributed by atoms with Crippen LogP contribution in [0.2, 0.25) is 0 Å². The minimum atomic E-state index is 0.693. The van der Waals surface area contributed by atoms with Gasteiger partial charge in [-0.15, -0.1) is 0 Å². The average molecular weight is 318 g/mol. The SMILES string of the molecule is O/[N+](=C\c1ccc(/C=[N+](\O)c2ccccc2)cc1)c1ccccc1. The lowest BCUT2D eigenvalue weighted by Crippen LogP contribution is -2.03. The molecule has 118 valence electrons. The molecule has 0 amide bonds. The molecule has 0 fully saturated rings. The summed E-state index contributed by atoms with van der Waals surface area (Å²) in [5.74, 6) is 0. The van der Waals surface area contributed by atoms with Crippen LogP contribution < -0.4 is 0 Å². The van der Waals surface area contributed by atoms with E-state index in [0.717, 1.165) is 20.6 Å². The molecule has 4 heteroatoms. The Bertz CT molecular complexity index is 781. The number of benzene rings is 3. The van der Waals surface area contributed by atoms with Gasteiger partial charge in [-0.1, -0.05) is 36.4 Å². The minimum Gasteiger partial charge on any atom is -0.285 e. The molecular weight excluding hydrogens is 300 g/mol. The molecule has 4 nitrogen and oxygen atoms in total. The number of para-hydroxylation sites is 2. The van der Waals surface area contributed by atoms with E-state index < -0.39 is 0 Å². The first-order valence-electron chi connectivity index (χ1n) is 7.58. The van der Waals surface area contributed by atoms with Gasteiger partial charge in [0.1, 0.15) is 0 Å². The van der Waals surface area contributed by atoms with Crippen molar-refractivity contribution in [1.29, 1.82) is 0 Å². The average Bonchev–Trinajstić information content (AvgIpc) is 2.65. The maximum absolute atomic E-state index is 10.1. The third-order valence-electron chi connectivity index (χ3n) is 3.52. The van der Waals surface area contributed by atoms with E-state index in [2.05, 4.69) is 0 Å². The van der Waals surface area contributed by atoms with Crippen LogP contribution in [0.25, 0.3) is 0 Å². The monoisotopic (exact) mass is 318 g/mol. The van der Waals surface area contributed by atoms with Gasteiger partial charge < -0.3 is 0 Å². The van der Waals surface area contributed by atoms with Gasteiger partial charge in [0.15, 0.2) is 0 Å². The molecule has 3 aromatic rings. The Hall–Kier alpha value is -3.40. The van der Waals surface area contributed by atoms with Crippen molar-refractivity contribution >= 4 is 23.8 Å². The van der Waals surface area contributed by atoms with Crippen molar-refractivity contribution in [3.05, 3.63) is 96.1 Å². The maximum atomic E-state index is 10.1. The zero-order chi connectivity index (χ0) is 16.8. The van der Waals surface area contributed by atoms with Crippen LogP contribution in [0.3, 0.4) is 0 Å². The van der Waals surface area contributed by atoms with E-state index >= 15 is 0 Å². The van der Waals surface area contributed by atoms with Gasteiger partial charge in [-0.05, 0) is 24.3 Å². The van der Waals surface area contributed by atoms with Gasteiger partial charge in [-0.3, -0.25) is 10.4 Å². The molecule has 0 saturated carbocycles. The quantitative estimate of drug-likeness (QED) is 0.331. The van der Waals surface area contributed by atoms with Crippen LogP contribution in [0.15, 0.2) is 84.9 Å². The Balaban J connectivity index is 1.79. The van der Waals surface area contributed by atoms with Crippen LogP contribution in [-0.4, -0.2) is 32.3 Å². The van der Waals surface area contributed by atoms with Crippen molar-refractivity contribution < 1.29 is 19.9 Å². The summed E-state index contributed by atoms with van der Waals surface area (Å²) >= 11 is 0. The van der Waals surface area contributed by atoms with Crippen molar-refractivity contribution in [3.8, 4) is 0 Å². The molecule has 0 saturated heterocycles. The van der Waals surface area contributed by atoms with Crippen LogP contribution >= 0.6 is 0 Å². The molecule has 0 radical (unpaired) electrons. The molecule has 24 heavy (non-hydrogen) atoms. The Morgan fingerprint density at radius 3 is 1.17 bits per heavy atom. The highest BCUT2D eigenvalue weighted by molar-refractivity contribution is 5.81. The van der Waals surface area contributed by atoms with Gasteiger partial charge in [0.05, 0.1) is 0 Å². The first kappa shape index (κ1) is 15.5. The third kappa shape index (κ3) is 3.87. The molecule has 0 aliphatic rings. The Morgan fingerprint density at radius 1 is 0.500 bits per heavy atom. The molecular formula is C20H18N2O2+2. The first-order valence-corrected chi connectivity index (χ1v) is 7.58. The summed E-state index contributed by atoms with van der Waals surface area (Å²) in [4.78, 5) is 0. The van der Waals surface area contributed by atoms with Crippen molar-refractivity contribution in [3.63, 3.8) is 0 Å². The number of hydrogen-bond acceptors (Lipinski definition) is 2. The molecule has 3 rings (SSSR count). The third-order valence-corrected chi connectivity index (χ3v) is 3.52. The molecule has 0 heterocycles. The summed E-state index contributed by atoms with van der Waals surface area (Å²) < 4.78 is 2.17. The summed E-state index contributed by atoms with van der Waals surface area (Å²) in [6.45, 7) is 0. The molecule has 0 unspecified atom stereocenters. The fraction of sp³-hybridized carbons (Fsp3) is 0. The predicted molar refractivity (Wildman–Crippen MR) is 93.1 cm³/mol. The van der Waals surface area contributed by atoms with Gasteiger partial charge in [0.2, 0.25) is 12.4 Å². The summed E-state index contributed by atoms with van der Waals surface area (Å²) in [7, 11) is 0. The summed E-state index contributed by atoms with van der Waals surface area (Å²) in [6.07, 6.45) is 3.26. The van der Waals surface area contributed by atoms with E-state index in [4.69, 9.17) is 0 Å². The van der Waals surface area contributed by atoms with Crippen molar-refractivity contribution in [2.24, 2.45) is 0 Å². The molecule has 2 N–H and O–H groups in total. The zero-order valence-corrected chi connectivity index (χ0v) is 13.0. The smallest absolute Gasteiger partial charge is 0.257 e. The zero-order valence-electron chi connectivity index (χ0n) is 13.0. The van der Waals surface area contributed by atoms with Crippen molar-refractivity contribution in [2.45, 2.75) is 0 Å². The van der Waals surface area contributed by atoms with E-state index in [1.165, 1.54) is 0 Å². The summed E-state index contributed by atoms with van der Waals surface area (Å²) in [6, 6.07) is 26.0. The van der Waals surface area contributed by atoms with E-state index in [0.29, 0.717) is 11.4 Å². The standard InChI is InChI=1S/C20H18N2O2/c23-21(19-7-3-1-4-8-19)15-17-11-13-18(14-12-17)16-22(24)20-9-5-2-6-10-20/h1-16,23-24H/q+2/b21-15-,22-16-. The Labute approximate surface area is 140 Å². The van der Waals surface area contributed by atoms with Gasteiger partial charge in [0.25, 0.3) is 11.4 Å². The van der Waals surface area contributed by atoms with Gasteiger partial charge in [-0.2, -0.15) is 0 Å².